The van der Waals surface area contributed by atoms with Gasteiger partial charge in [-0.2, -0.15) is 0 Å². The molecular formula is C20H31N3O2. The molecule has 1 aromatic heterocycles. The Bertz CT molecular complexity index is 724. The molecule has 0 fully saturated rings. The molecule has 2 aromatic rings. The molecule has 0 aliphatic rings. The first-order valence-corrected chi connectivity index (χ1v) is 8.99. The van der Waals surface area contributed by atoms with Crippen LogP contribution in [0.25, 0.3) is 10.9 Å². The summed E-state index contributed by atoms with van der Waals surface area (Å²) < 4.78 is 19.3. The van der Waals surface area contributed by atoms with Crippen molar-refractivity contribution in [2.24, 2.45) is 5.73 Å². The minimum Gasteiger partial charge on any atom is -0.493 e. The van der Waals surface area contributed by atoms with E-state index in [2.05, 4.69) is 18.3 Å². The van der Waals surface area contributed by atoms with Crippen molar-refractivity contribution in [1.82, 2.24) is 4.98 Å². The van der Waals surface area contributed by atoms with Crippen molar-refractivity contribution in [3.05, 3.63) is 23.9 Å². The van der Waals surface area contributed by atoms with E-state index in [1.54, 1.807) is 14.2 Å². The van der Waals surface area contributed by atoms with Crippen molar-refractivity contribution < 1.29 is 10.8 Å². The predicted molar refractivity (Wildman–Crippen MR) is 105 cm³/mol. The molecule has 3 N–H and O–H groups in total. The van der Waals surface area contributed by atoms with Crippen molar-refractivity contribution in [2.45, 2.75) is 52.0 Å². The summed E-state index contributed by atoms with van der Waals surface area (Å²) in [5.41, 5.74) is 8.38. The maximum atomic E-state index is 8.23. The molecule has 25 heavy (non-hydrogen) atoms. The number of anilines is 1. The summed E-state index contributed by atoms with van der Waals surface area (Å²) in [5, 5.41) is 4.34. The molecule has 0 saturated heterocycles. The van der Waals surface area contributed by atoms with Crippen LogP contribution in [0.2, 0.25) is 0 Å². The number of ether oxygens (including phenoxy) is 2. The average Bonchev–Trinajstić information content (AvgIpc) is 2.65. The van der Waals surface area contributed by atoms with Crippen molar-refractivity contribution >= 4 is 16.6 Å². The van der Waals surface area contributed by atoms with Crippen molar-refractivity contribution in [3.63, 3.8) is 0 Å². The van der Waals surface area contributed by atoms with Crippen LogP contribution in [0.4, 0.5) is 5.69 Å². The number of fused-ring (bicyclic) bond motifs is 1. The number of nitrogens with two attached hydrogens (primary N) is 1. The minimum atomic E-state index is -0.286. The number of aromatic nitrogens is 1. The van der Waals surface area contributed by atoms with Crippen LogP contribution in [0, 0.1) is 0 Å². The van der Waals surface area contributed by atoms with Crippen molar-refractivity contribution in [3.8, 4) is 11.5 Å². The zero-order valence-corrected chi connectivity index (χ0v) is 15.8. The Morgan fingerprint density at radius 2 is 2.08 bits per heavy atom. The van der Waals surface area contributed by atoms with Gasteiger partial charge in [0.1, 0.15) is 0 Å². The highest BCUT2D eigenvalue weighted by Gasteiger charge is 2.16. The minimum absolute atomic E-state index is 0.0547. The third-order valence-corrected chi connectivity index (χ3v) is 4.23. The number of methoxy groups -OCH3 is 2. The normalized spacial score (nSPS) is 14.0. The van der Waals surface area contributed by atoms with Crippen LogP contribution in [0.5, 0.6) is 11.5 Å². The molecule has 0 aliphatic heterocycles. The van der Waals surface area contributed by atoms with E-state index in [0.29, 0.717) is 24.5 Å². The number of unbranched alkanes of at least 4 members (excludes halogenated alkanes) is 1. The first-order valence-electron chi connectivity index (χ1n) is 9.56. The van der Waals surface area contributed by atoms with E-state index in [1.165, 1.54) is 0 Å². The van der Waals surface area contributed by atoms with Gasteiger partial charge >= 0.3 is 0 Å². The number of pyridine rings is 1. The third-order valence-electron chi connectivity index (χ3n) is 4.23. The SMILES string of the molecule is [3H]C(CCN)C(C)Nc1cc(OC)c(OC)c2ccc(CCCC)nc12. The molecule has 138 valence electrons. The highest BCUT2D eigenvalue weighted by Crippen LogP contribution is 2.40. The Kier molecular flexibility index (Phi) is 6.74. The van der Waals surface area contributed by atoms with E-state index in [9.17, 15) is 0 Å². The number of aryl methyl sites for hydroxylation is 1. The monoisotopic (exact) mass is 347 g/mol. The first-order chi connectivity index (χ1) is 12.5. The Morgan fingerprint density at radius 1 is 1.28 bits per heavy atom. The summed E-state index contributed by atoms with van der Waals surface area (Å²) in [6.07, 6.45) is 3.55. The van der Waals surface area contributed by atoms with Gasteiger partial charge < -0.3 is 20.5 Å². The Hall–Kier alpha value is -2.01. The molecule has 1 heterocycles. The largest absolute Gasteiger partial charge is 0.493 e. The predicted octanol–water partition coefficient (Wildman–Crippen LogP) is 4.13. The van der Waals surface area contributed by atoms with Crippen LogP contribution < -0.4 is 20.5 Å². The van der Waals surface area contributed by atoms with E-state index in [-0.39, 0.29) is 12.4 Å². The maximum absolute atomic E-state index is 8.23. The third kappa shape index (κ3) is 4.75. The van der Waals surface area contributed by atoms with Crippen LogP contribution >= 0.6 is 0 Å². The molecule has 1 aromatic carbocycles. The molecule has 2 rings (SSSR count). The molecular weight excluding hydrogens is 314 g/mol. The molecule has 0 radical (unpaired) electrons. The van der Waals surface area contributed by atoms with Gasteiger partial charge in [-0.3, -0.25) is 4.98 Å². The Labute approximate surface area is 152 Å². The van der Waals surface area contributed by atoms with Gasteiger partial charge in [0, 0.05) is 24.6 Å². The zero-order valence-electron chi connectivity index (χ0n) is 16.8. The number of rotatable bonds is 10. The van der Waals surface area contributed by atoms with Gasteiger partial charge in [-0.15, -0.1) is 0 Å². The lowest BCUT2D eigenvalue weighted by Crippen LogP contribution is -2.17. The summed E-state index contributed by atoms with van der Waals surface area (Å²) >= 11 is 0. The van der Waals surface area contributed by atoms with E-state index < -0.39 is 0 Å². The number of hydrogen-bond acceptors (Lipinski definition) is 5. The molecule has 5 nitrogen and oxygen atoms in total. The van der Waals surface area contributed by atoms with Crippen LogP contribution in [0.1, 0.15) is 46.6 Å². The van der Waals surface area contributed by atoms with Crippen LogP contribution in [0.15, 0.2) is 18.2 Å². The van der Waals surface area contributed by atoms with Gasteiger partial charge in [-0.25, -0.2) is 0 Å². The van der Waals surface area contributed by atoms with Gasteiger partial charge in [0.2, 0.25) is 0 Å². The summed E-state index contributed by atoms with van der Waals surface area (Å²) in [7, 11) is 3.26. The van der Waals surface area contributed by atoms with Crippen LogP contribution in [0.3, 0.4) is 0 Å². The summed E-state index contributed by atoms with van der Waals surface area (Å²) in [4.78, 5) is 4.87. The number of benzene rings is 1. The second-order valence-corrected chi connectivity index (χ2v) is 6.21. The average molecular weight is 347 g/mol. The molecule has 0 bridgehead atoms. The van der Waals surface area contributed by atoms with Gasteiger partial charge in [0.25, 0.3) is 0 Å². The smallest absolute Gasteiger partial charge is 0.170 e. The number of nitrogens with one attached hydrogen (secondary N) is 1. The summed E-state index contributed by atoms with van der Waals surface area (Å²) in [6, 6.07) is 5.95. The Balaban J connectivity index is 2.50. The van der Waals surface area contributed by atoms with E-state index in [1.807, 2.05) is 19.1 Å². The van der Waals surface area contributed by atoms with E-state index in [4.69, 9.17) is 21.6 Å². The topological polar surface area (TPSA) is 69.4 Å². The lowest BCUT2D eigenvalue weighted by Gasteiger charge is -2.19. The molecule has 2 unspecified atom stereocenters. The number of hydrogen-bond donors (Lipinski definition) is 2. The molecule has 2 atom stereocenters. The van der Waals surface area contributed by atoms with Gasteiger partial charge in [0.15, 0.2) is 11.5 Å². The molecule has 0 spiro atoms. The highest BCUT2D eigenvalue weighted by molar-refractivity contribution is 5.97. The van der Waals surface area contributed by atoms with Gasteiger partial charge in [-0.05, 0) is 51.3 Å². The molecule has 0 aliphatic carbocycles. The van der Waals surface area contributed by atoms with Gasteiger partial charge in [-0.1, -0.05) is 13.3 Å². The quantitative estimate of drug-likeness (QED) is 0.676. The summed E-state index contributed by atoms with van der Waals surface area (Å²) in [6.45, 7) is 4.68. The van der Waals surface area contributed by atoms with Crippen molar-refractivity contribution in [1.29, 1.82) is 0 Å². The van der Waals surface area contributed by atoms with Crippen LogP contribution in [-0.4, -0.2) is 31.8 Å². The maximum Gasteiger partial charge on any atom is 0.170 e. The van der Waals surface area contributed by atoms with Crippen molar-refractivity contribution in [2.75, 3.05) is 26.1 Å². The number of nitrogens with zero attached hydrogens (tertiary/aromatic N) is 1. The second-order valence-electron chi connectivity index (χ2n) is 6.21. The standard InChI is InChI=1S/C20H31N3O2/c1-5-6-9-15-10-11-16-19(23-15)17(22-14(2)8-7-12-21)13-18(24-3)20(16)25-4/h10-11,13-14,22H,5-9,12,21H2,1-4H3/i8T. The lowest BCUT2D eigenvalue weighted by molar-refractivity contribution is 0.358. The highest BCUT2D eigenvalue weighted by atomic mass is 16.5. The fourth-order valence-corrected chi connectivity index (χ4v) is 2.91. The second kappa shape index (κ2) is 9.47. The first kappa shape index (κ1) is 17.8. The fraction of sp³-hybridized carbons (Fsp3) is 0.550. The van der Waals surface area contributed by atoms with Gasteiger partial charge in [0.05, 0.1) is 25.4 Å². The molecule has 5 heteroatoms. The molecule has 0 saturated carbocycles. The lowest BCUT2D eigenvalue weighted by atomic mass is 10.1. The zero-order chi connectivity index (χ0) is 19.1. The van der Waals surface area contributed by atoms with E-state index >= 15 is 0 Å². The summed E-state index contributed by atoms with van der Waals surface area (Å²) in [5.74, 6) is 1.33. The van der Waals surface area contributed by atoms with Crippen LogP contribution in [-0.2, 0) is 6.42 Å². The molecule has 0 amide bonds. The Morgan fingerprint density at radius 3 is 2.72 bits per heavy atom. The fourth-order valence-electron chi connectivity index (χ4n) is 2.91. The van der Waals surface area contributed by atoms with E-state index in [0.717, 1.165) is 41.5 Å².